The molecule has 0 saturated heterocycles. The van der Waals surface area contributed by atoms with Crippen molar-refractivity contribution in [1.29, 1.82) is 0 Å². The number of amides is 1. The Balaban J connectivity index is 1.75. The van der Waals surface area contributed by atoms with Crippen molar-refractivity contribution in [3.63, 3.8) is 0 Å². The molecule has 2 rings (SSSR count). The minimum Gasteiger partial charge on any atom is -0.325 e. The van der Waals surface area contributed by atoms with Gasteiger partial charge in [0.05, 0.1) is 6.04 Å². The van der Waals surface area contributed by atoms with Gasteiger partial charge in [-0.05, 0) is 49.7 Å². The average molecular weight is 303 g/mol. The Kier molecular flexibility index (Phi) is 5.78. The molecule has 0 fully saturated rings. The van der Waals surface area contributed by atoms with E-state index in [1.165, 1.54) is 5.56 Å². The second-order valence-corrected chi connectivity index (χ2v) is 5.34. The average Bonchev–Trinajstić information content (AvgIpc) is 2.50. The first-order valence-electron chi connectivity index (χ1n) is 6.99. The third-order valence-corrected chi connectivity index (χ3v) is 3.46. The number of benzene rings is 2. The summed E-state index contributed by atoms with van der Waals surface area (Å²) in [7, 11) is 0. The number of carbonyl (C=O) groups is 1. The van der Waals surface area contributed by atoms with E-state index in [1.54, 1.807) is 0 Å². The van der Waals surface area contributed by atoms with E-state index in [1.807, 2.05) is 61.5 Å². The fourth-order valence-electron chi connectivity index (χ4n) is 1.95. The molecule has 2 aromatic carbocycles. The van der Waals surface area contributed by atoms with Crippen molar-refractivity contribution < 1.29 is 4.79 Å². The van der Waals surface area contributed by atoms with Crippen molar-refractivity contribution in [2.45, 2.75) is 19.4 Å². The first kappa shape index (κ1) is 15.5. The Bertz CT molecular complexity index is 569. The predicted octanol–water partition coefficient (Wildman–Crippen LogP) is 3.50. The lowest BCUT2D eigenvalue weighted by atomic mass is 10.1. The minimum atomic E-state index is -0.238. The molecule has 2 aromatic rings. The summed E-state index contributed by atoms with van der Waals surface area (Å²) in [6.45, 7) is 2.60. The Hall–Kier alpha value is -1.84. The van der Waals surface area contributed by atoms with Crippen LogP contribution in [0.25, 0.3) is 0 Å². The topological polar surface area (TPSA) is 41.1 Å². The zero-order chi connectivity index (χ0) is 15.1. The molecule has 0 aromatic heterocycles. The largest absolute Gasteiger partial charge is 0.325 e. The first-order valence-corrected chi connectivity index (χ1v) is 7.36. The van der Waals surface area contributed by atoms with Crippen LogP contribution in [-0.4, -0.2) is 18.5 Å². The third-order valence-electron chi connectivity index (χ3n) is 3.21. The van der Waals surface area contributed by atoms with Crippen molar-refractivity contribution in [3.8, 4) is 0 Å². The molecule has 110 valence electrons. The smallest absolute Gasteiger partial charge is 0.241 e. The molecule has 0 bridgehead atoms. The molecule has 0 aliphatic carbocycles. The van der Waals surface area contributed by atoms with Gasteiger partial charge in [0, 0.05) is 10.7 Å². The summed E-state index contributed by atoms with van der Waals surface area (Å²) in [5.41, 5.74) is 2.01. The molecule has 0 aliphatic rings. The SMILES string of the molecule is CC(NCCc1ccc(Cl)cc1)C(=O)Nc1ccccc1. The minimum absolute atomic E-state index is 0.0303. The van der Waals surface area contributed by atoms with E-state index >= 15 is 0 Å². The van der Waals surface area contributed by atoms with E-state index in [2.05, 4.69) is 10.6 Å². The second kappa shape index (κ2) is 7.81. The van der Waals surface area contributed by atoms with Crippen molar-refractivity contribution in [2.24, 2.45) is 0 Å². The van der Waals surface area contributed by atoms with Crippen LogP contribution in [0.1, 0.15) is 12.5 Å². The van der Waals surface area contributed by atoms with E-state index in [9.17, 15) is 4.79 Å². The maximum absolute atomic E-state index is 12.0. The lowest BCUT2D eigenvalue weighted by Crippen LogP contribution is -2.39. The summed E-state index contributed by atoms with van der Waals surface area (Å²) in [5.74, 6) is -0.0303. The Morgan fingerprint density at radius 1 is 1.10 bits per heavy atom. The van der Waals surface area contributed by atoms with Gasteiger partial charge in [0.25, 0.3) is 0 Å². The Morgan fingerprint density at radius 2 is 1.76 bits per heavy atom. The zero-order valence-electron chi connectivity index (χ0n) is 12.0. The summed E-state index contributed by atoms with van der Waals surface area (Å²) in [5, 5.41) is 6.84. The quantitative estimate of drug-likeness (QED) is 0.857. The van der Waals surface area contributed by atoms with Crippen molar-refractivity contribution in [1.82, 2.24) is 5.32 Å². The molecule has 0 saturated carbocycles. The highest BCUT2D eigenvalue weighted by atomic mass is 35.5. The second-order valence-electron chi connectivity index (χ2n) is 4.91. The lowest BCUT2D eigenvalue weighted by molar-refractivity contribution is -0.117. The summed E-state index contributed by atoms with van der Waals surface area (Å²) in [6, 6.07) is 17.0. The molecule has 0 aliphatic heterocycles. The van der Waals surface area contributed by atoms with Gasteiger partial charge in [-0.1, -0.05) is 41.9 Å². The van der Waals surface area contributed by atoms with Gasteiger partial charge < -0.3 is 10.6 Å². The van der Waals surface area contributed by atoms with Gasteiger partial charge in [-0.2, -0.15) is 0 Å². The molecule has 21 heavy (non-hydrogen) atoms. The van der Waals surface area contributed by atoms with Crippen LogP contribution in [0.5, 0.6) is 0 Å². The van der Waals surface area contributed by atoms with Crippen LogP contribution >= 0.6 is 11.6 Å². The number of nitrogens with one attached hydrogen (secondary N) is 2. The number of rotatable bonds is 6. The van der Waals surface area contributed by atoms with Crippen molar-refractivity contribution >= 4 is 23.2 Å². The van der Waals surface area contributed by atoms with Gasteiger partial charge >= 0.3 is 0 Å². The van der Waals surface area contributed by atoms with Crippen LogP contribution in [0.4, 0.5) is 5.69 Å². The van der Waals surface area contributed by atoms with Gasteiger partial charge in [-0.15, -0.1) is 0 Å². The zero-order valence-corrected chi connectivity index (χ0v) is 12.7. The van der Waals surface area contributed by atoms with Gasteiger partial charge in [-0.3, -0.25) is 4.79 Å². The number of hydrogen-bond donors (Lipinski definition) is 2. The number of halogens is 1. The van der Waals surface area contributed by atoms with E-state index in [0.29, 0.717) is 0 Å². The molecule has 1 atom stereocenters. The maximum atomic E-state index is 12.0. The van der Waals surface area contributed by atoms with Gasteiger partial charge in [0.2, 0.25) is 5.91 Å². The number of anilines is 1. The summed E-state index contributed by atoms with van der Waals surface area (Å²) >= 11 is 5.85. The van der Waals surface area contributed by atoms with E-state index < -0.39 is 0 Å². The molecular weight excluding hydrogens is 284 g/mol. The fraction of sp³-hybridized carbons (Fsp3) is 0.235. The Morgan fingerprint density at radius 3 is 2.43 bits per heavy atom. The normalized spacial score (nSPS) is 11.9. The number of carbonyl (C=O) groups excluding carboxylic acids is 1. The molecule has 0 spiro atoms. The van der Waals surface area contributed by atoms with Crippen LogP contribution < -0.4 is 10.6 Å². The Labute approximate surface area is 130 Å². The molecule has 1 amide bonds. The molecule has 4 heteroatoms. The van der Waals surface area contributed by atoms with Gasteiger partial charge in [0.1, 0.15) is 0 Å². The molecule has 3 nitrogen and oxygen atoms in total. The highest BCUT2D eigenvalue weighted by Gasteiger charge is 2.11. The molecule has 0 radical (unpaired) electrons. The van der Waals surface area contributed by atoms with Crippen molar-refractivity contribution in [3.05, 3.63) is 65.2 Å². The number of para-hydroxylation sites is 1. The standard InChI is InChI=1S/C17H19ClN2O/c1-13(17(21)20-16-5-3-2-4-6-16)19-12-11-14-7-9-15(18)10-8-14/h2-10,13,19H,11-12H2,1H3,(H,20,21). The van der Waals surface area contributed by atoms with E-state index in [-0.39, 0.29) is 11.9 Å². The number of hydrogen-bond acceptors (Lipinski definition) is 2. The summed E-state index contributed by atoms with van der Waals surface area (Å²) in [6.07, 6.45) is 0.861. The van der Waals surface area contributed by atoms with E-state index in [0.717, 1.165) is 23.7 Å². The van der Waals surface area contributed by atoms with Crippen LogP contribution in [0.2, 0.25) is 5.02 Å². The van der Waals surface area contributed by atoms with Crippen LogP contribution in [0, 0.1) is 0 Å². The van der Waals surface area contributed by atoms with Gasteiger partial charge in [-0.25, -0.2) is 0 Å². The lowest BCUT2D eigenvalue weighted by Gasteiger charge is -2.14. The third kappa shape index (κ3) is 5.21. The highest BCUT2D eigenvalue weighted by molar-refractivity contribution is 6.30. The summed E-state index contributed by atoms with van der Waals surface area (Å²) < 4.78 is 0. The van der Waals surface area contributed by atoms with Crippen LogP contribution in [-0.2, 0) is 11.2 Å². The summed E-state index contributed by atoms with van der Waals surface area (Å²) in [4.78, 5) is 12.0. The van der Waals surface area contributed by atoms with Gasteiger partial charge in [0.15, 0.2) is 0 Å². The molecule has 0 heterocycles. The molecule has 1 unspecified atom stereocenters. The van der Waals surface area contributed by atoms with E-state index in [4.69, 9.17) is 11.6 Å². The monoisotopic (exact) mass is 302 g/mol. The highest BCUT2D eigenvalue weighted by Crippen LogP contribution is 2.09. The molecule has 2 N–H and O–H groups in total. The fourth-order valence-corrected chi connectivity index (χ4v) is 2.07. The predicted molar refractivity (Wildman–Crippen MR) is 87.7 cm³/mol. The first-order chi connectivity index (χ1) is 10.1. The molecular formula is C17H19ClN2O. The van der Waals surface area contributed by atoms with Crippen molar-refractivity contribution in [2.75, 3.05) is 11.9 Å². The van der Waals surface area contributed by atoms with Crippen LogP contribution in [0.3, 0.4) is 0 Å². The van der Waals surface area contributed by atoms with Crippen LogP contribution in [0.15, 0.2) is 54.6 Å². The maximum Gasteiger partial charge on any atom is 0.241 e.